The van der Waals surface area contributed by atoms with E-state index >= 15 is 0 Å². The third-order valence-corrected chi connectivity index (χ3v) is 8.56. The van der Waals surface area contributed by atoms with Crippen molar-refractivity contribution in [2.75, 3.05) is 12.8 Å². The van der Waals surface area contributed by atoms with Crippen molar-refractivity contribution < 1.29 is 18.0 Å². The average Bonchev–Trinajstić information content (AvgIpc) is 3.13. The van der Waals surface area contributed by atoms with E-state index in [1.54, 1.807) is 11.9 Å². The minimum atomic E-state index is -3.27. The molecule has 3 fully saturated rings. The van der Waals surface area contributed by atoms with E-state index in [0.717, 1.165) is 24.6 Å². The number of H-pyrrole nitrogens is 1. The van der Waals surface area contributed by atoms with Crippen molar-refractivity contribution in [3.05, 3.63) is 16.0 Å². The summed E-state index contributed by atoms with van der Waals surface area (Å²) in [7, 11) is -1.62. The van der Waals surface area contributed by atoms with Crippen LogP contribution in [0.15, 0.2) is 4.79 Å². The Morgan fingerprint density at radius 3 is 2.35 bits per heavy atom. The number of amides is 2. The largest absolute Gasteiger partial charge is 0.337 e. The first-order valence-electron chi connectivity index (χ1n) is 8.65. The van der Waals surface area contributed by atoms with Crippen molar-refractivity contribution in [3.63, 3.8) is 0 Å². The summed E-state index contributed by atoms with van der Waals surface area (Å²) in [6.45, 7) is 0. The summed E-state index contributed by atoms with van der Waals surface area (Å²) >= 11 is 0.843. The van der Waals surface area contributed by atoms with Gasteiger partial charge in [0.1, 0.15) is 5.25 Å². The molecule has 3 atom stereocenters. The summed E-state index contributed by atoms with van der Waals surface area (Å²) in [5, 5.41) is -0.880. The predicted octanol–water partition coefficient (Wildman–Crippen LogP) is -0.387. The number of nitrogens with zero attached hydrogens (tertiary/aromatic N) is 3. The Balaban J connectivity index is 1.48. The molecule has 11 heteroatoms. The molecule has 142 valence electrons. The quantitative estimate of drug-likeness (QED) is 0.738. The van der Waals surface area contributed by atoms with Gasteiger partial charge in [-0.25, -0.2) is 8.42 Å². The van der Waals surface area contributed by atoms with E-state index in [1.165, 1.54) is 4.90 Å². The van der Waals surface area contributed by atoms with Crippen molar-refractivity contribution in [2.24, 2.45) is 0 Å². The van der Waals surface area contributed by atoms with Gasteiger partial charge >= 0.3 is 0 Å². The molecule has 0 aliphatic carbocycles. The summed E-state index contributed by atoms with van der Waals surface area (Å²) in [6.07, 6.45) is 3.24. The van der Waals surface area contributed by atoms with Crippen LogP contribution in [0, 0.1) is 0 Å². The second kappa shape index (κ2) is 6.15. The summed E-state index contributed by atoms with van der Waals surface area (Å²) < 4.78 is 29.9. The summed E-state index contributed by atoms with van der Waals surface area (Å²) in [5.41, 5.74) is -0.596. The molecule has 3 unspecified atom stereocenters. The number of nitrogens with one attached hydrogen (secondary N) is 1. The van der Waals surface area contributed by atoms with Gasteiger partial charge in [-0.2, -0.15) is 4.37 Å². The van der Waals surface area contributed by atoms with Crippen LogP contribution >= 0.6 is 11.7 Å². The van der Waals surface area contributed by atoms with Gasteiger partial charge in [-0.05, 0) is 32.1 Å². The number of hydrogen-bond donors (Lipinski definition) is 1. The number of sulfone groups is 1. The van der Waals surface area contributed by atoms with Gasteiger partial charge in [0.15, 0.2) is 9.84 Å². The molecule has 4 heterocycles. The van der Waals surface area contributed by atoms with E-state index in [1.807, 2.05) is 0 Å². The maximum Gasteiger partial charge on any atom is 0.291 e. The number of rotatable bonds is 3. The summed E-state index contributed by atoms with van der Waals surface area (Å²) in [4.78, 5) is 40.2. The SMILES string of the molecule is CN(C(=O)c1ns[nH]c1=O)C1CC2CCC(C1)N2C(=O)C1CCS1(=O)=O. The van der Waals surface area contributed by atoms with Crippen LogP contribution in [0.2, 0.25) is 0 Å². The molecule has 2 amide bonds. The lowest BCUT2D eigenvalue weighted by atomic mass is 9.95. The second-order valence-corrected chi connectivity index (χ2v) is 10.2. The Bertz CT molecular complexity index is 893. The van der Waals surface area contributed by atoms with Crippen molar-refractivity contribution in [1.82, 2.24) is 18.5 Å². The number of hydrogen-bond acceptors (Lipinski definition) is 7. The van der Waals surface area contributed by atoms with E-state index in [2.05, 4.69) is 8.75 Å². The number of aromatic amines is 1. The zero-order chi connectivity index (χ0) is 18.6. The fourth-order valence-corrected chi connectivity index (χ4v) is 6.13. The van der Waals surface area contributed by atoms with E-state index in [0.29, 0.717) is 19.3 Å². The Kier molecular flexibility index (Phi) is 4.18. The average molecular weight is 400 g/mol. The Morgan fingerprint density at radius 1 is 1.23 bits per heavy atom. The van der Waals surface area contributed by atoms with Crippen LogP contribution in [-0.2, 0) is 14.6 Å². The first kappa shape index (κ1) is 17.7. The lowest BCUT2D eigenvalue weighted by molar-refractivity contribution is -0.136. The minimum absolute atomic E-state index is 0.0500. The number of carbonyl (C=O) groups excluding carboxylic acids is 2. The molecule has 0 saturated carbocycles. The van der Waals surface area contributed by atoms with Crippen LogP contribution in [0.3, 0.4) is 0 Å². The molecule has 0 spiro atoms. The van der Waals surface area contributed by atoms with Gasteiger partial charge in [-0.1, -0.05) is 0 Å². The van der Waals surface area contributed by atoms with Crippen molar-refractivity contribution in [1.29, 1.82) is 0 Å². The predicted molar refractivity (Wildman–Crippen MR) is 93.7 cm³/mol. The molecule has 2 bridgehead atoms. The molecule has 9 nitrogen and oxygen atoms in total. The normalized spacial score (nSPS) is 32.1. The van der Waals surface area contributed by atoms with Gasteiger partial charge in [0, 0.05) is 36.9 Å². The highest BCUT2D eigenvalue weighted by Gasteiger charge is 2.51. The van der Waals surface area contributed by atoms with Crippen LogP contribution in [0.25, 0.3) is 0 Å². The highest BCUT2D eigenvalue weighted by molar-refractivity contribution is 7.94. The first-order chi connectivity index (χ1) is 12.3. The van der Waals surface area contributed by atoms with Crippen LogP contribution in [-0.4, -0.2) is 75.0 Å². The molecule has 1 aromatic rings. The number of piperidine rings is 1. The Morgan fingerprint density at radius 2 is 1.88 bits per heavy atom. The van der Waals surface area contributed by atoms with Gasteiger partial charge in [0.05, 0.1) is 5.75 Å². The molecule has 3 aliphatic heterocycles. The lowest BCUT2D eigenvalue weighted by Gasteiger charge is -2.44. The molecule has 0 radical (unpaired) electrons. The van der Waals surface area contributed by atoms with E-state index in [9.17, 15) is 22.8 Å². The number of carbonyl (C=O) groups is 2. The monoisotopic (exact) mass is 400 g/mol. The standard InChI is InChI=1S/C15H20N4O5S2/c1-18(15(22)12-13(20)17-25-16-12)10-6-8-2-3-9(7-10)19(8)14(21)11-4-5-26(11,23)24/h8-11H,2-7H2,1H3,(H,17,20). The van der Waals surface area contributed by atoms with Gasteiger partial charge in [0.2, 0.25) is 11.6 Å². The molecule has 4 rings (SSSR count). The van der Waals surface area contributed by atoms with Gasteiger partial charge in [0.25, 0.3) is 11.5 Å². The highest BCUT2D eigenvalue weighted by Crippen LogP contribution is 2.39. The summed E-state index contributed by atoms with van der Waals surface area (Å²) in [5.74, 6) is -0.598. The van der Waals surface area contributed by atoms with Crippen molar-refractivity contribution in [3.8, 4) is 0 Å². The van der Waals surface area contributed by atoms with Crippen molar-refractivity contribution >= 4 is 33.4 Å². The second-order valence-electron chi connectivity index (χ2n) is 7.28. The molecule has 1 aromatic heterocycles. The maximum atomic E-state index is 12.7. The Labute approximate surface area is 154 Å². The van der Waals surface area contributed by atoms with Gasteiger partial charge in [-0.15, -0.1) is 0 Å². The molecular formula is C15H20N4O5S2. The lowest BCUT2D eigenvalue weighted by Crippen LogP contribution is -2.58. The minimum Gasteiger partial charge on any atom is -0.337 e. The molecule has 3 saturated heterocycles. The highest BCUT2D eigenvalue weighted by atomic mass is 32.2. The smallest absolute Gasteiger partial charge is 0.291 e. The molecule has 26 heavy (non-hydrogen) atoms. The summed E-state index contributed by atoms with van der Waals surface area (Å²) in [6, 6.07) is -0.194. The van der Waals surface area contributed by atoms with Crippen LogP contribution in [0.5, 0.6) is 0 Å². The van der Waals surface area contributed by atoms with Gasteiger partial charge < -0.3 is 9.80 Å². The van der Waals surface area contributed by atoms with E-state index in [4.69, 9.17) is 0 Å². The zero-order valence-electron chi connectivity index (χ0n) is 14.3. The maximum absolute atomic E-state index is 12.7. The Hall–Kier alpha value is -1.75. The third-order valence-electron chi connectivity index (χ3n) is 5.90. The van der Waals surface area contributed by atoms with E-state index < -0.39 is 26.6 Å². The molecular weight excluding hydrogens is 380 g/mol. The number of aromatic nitrogens is 2. The first-order valence-corrected chi connectivity index (χ1v) is 11.1. The topological polar surface area (TPSA) is 121 Å². The molecule has 3 aliphatic rings. The van der Waals surface area contributed by atoms with Crippen LogP contribution < -0.4 is 5.56 Å². The fraction of sp³-hybridized carbons (Fsp3) is 0.733. The third kappa shape index (κ3) is 2.68. The van der Waals surface area contributed by atoms with Crippen LogP contribution in [0.1, 0.15) is 42.6 Å². The number of fused-ring (bicyclic) bond motifs is 2. The van der Waals surface area contributed by atoms with Crippen molar-refractivity contribution in [2.45, 2.75) is 55.5 Å². The zero-order valence-corrected chi connectivity index (χ0v) is 15.9. The van der Waals surface area contributed by atoms with Gasteiger partial charge in [-0.3, -0.25) is 18.8 Å². The fourth-order valence-electron chi connectivity index (χ4n) is 4.36. The molecule has 1 N–H and O–H groups in total. The van der Waals surface area contributed by atoms with Crippen LogP contribution in [0.4, 0.5) is 0 Å². The molecule has 0 aromatic carbocycles. The van der Waals surface area contributed by atoms with E-state index in [-0.39, 0.29) is 35.5 Å².